The van der Waals surface area contributed by atoms with E-state index in [0.29, 0.717) is 12.6 Å². The molecule has 0 aromatic heterocycles. The summed E-state index contributed by atoms with van der Waals surface area (Å²) >= 11 is 0. The monoisotopic (exact) mass is 255 g/mol. The third-order valence-corrected chi connectivity index (χ3v) is 3.27. The Morgan fingerprint density at radius 3 is 2.53 bits per heavy atom. The van der Waals surface area contributed by atoms with E-state index in [0.717, 1.165) is 12.2 Å². The molecule has 0 saturated heterocycles. The Morgan fingerprint density at radius 2 is 1.84 bits per heavy atom. The van der Waals surface area contributed by atoms with E-state index < -0.39 is 0 Å². The second kappa shape index (κ2) is 6.95. The van der Waals surface area contributed by atoms with Gasteiger partial charge in [0.25, 0.3) is 0 Å². The third-order valence-electron chi connectivity index (χ3n) is 3.27. The molecular formula is C17H21NO. The van der Waals surface area contributed by atoms with Gasteiger partial charge in [-0.3, -0.25) is 0 Å². The van der Waals surface area contributed by atoms with Gasteiger partial charge in [0.05, 0.1) is 0 Å². The van der Waals surface area contributed by atoms with Crippen molar-refractivity contribution in [3.8, 4) is 5.75 Å². The van der Waals surface area contributed by atoms with Crippen LogP contribution in [0.5, 0.6) is 5.75 Å². The molecule has 0 amide bonds. The Hall–Kier alpha value is -1.80. The largest absolute Gasteiger partial charge is 0.489 e. The van der Waals surface area contributed by atoms with E-state index in [-0.39, 0.29) is 0 Å². The molecule has 0 fully saturated rings. The highest BCUT2D eigenvalue weighted by atomic mass is 16.5. The van der Waals surface area contributed by atoms with Gasteiger partial charge in [0.2, 0.25) is 0 Å². The first-order valence-corrected chi connectivity index (χ1v) is 6.77. The molecular weight excluding hydrogens is 234 g/mol. The van der Waals surface area contributed by atoms with Gasteiger partial charge in [0.15, 0.2) is 0 Å². The van der Waals surface area contributed by atoms with Crippen LogP contribution in [0.1, 0.15) is 30.5 Å². The van der Waals surface area contributed by atoms with E-state index in [1.807, 2.05) is 31.3 Å². The Bertz CT molecular complexity index is 492. The van der Waals surface area contributed by atoms with Gasteiger partial charge in [-0.05, 0) is 36.7 Å². The number of hydrogen-bond acceptors (Lipinski definition) is 2. The number of rotatable bonds is 6. The first-order chi connectivity index (χ1) is 9.33. The minimum absolute atomic E-state index is 0.389. The number of benzene rings is 2. The van der Waals surface area contributed by atoms with Gasteiger partial charge in [0.1, 0.15) is 12.4 Å². The minimum Gasteiger partial charge on any atom is -0.489 e. The van der Waals surface area contributed by atoms with E-state index in [9.17, 15) is 0 Å². The lowest BCUT2D eigenvalue weighted by Gasteiger charge is -2.15. The van der Waals surface area contributed by atoms with Crippen molar-refractivity contribution < 1.29 is 4.74 Å². The third kappa shape index (κ3) is 3.83. The van der Waals surface area contributed by atoms with Crippen molar-refractivity contribution in [1.82, 2.24) is 5.32 Å². The molecule has 2 aromatic carbocycles. The van der Waals surface area contributed by atoms with Gasteiger partial charge in [0, 0.05) is 6.04 Å². The summed E-state index contributed by atoms with van der Waals surface area (Å²) in [6.45, 7) is 2.79. The molecule has 0 heterocycles. The normalized spacial score (nSPS) is 12.1. The first kappa shape index (κ1) is 13.6. The summed E-state index contributed by atoms with van der Waals surface area (Å²) in [5, 5.41) is 3.31. The molecule has 2 heteroatoms. The lowest BCUT2D eigenvalue weighted by Crippen LogP contribution is -2.15. The number of ether oxygens (including phenoxy) is 1. The van der Waals surface area contributed by atoms with Gasteiger partial charge in [-0.15, -0.1) is 0 Å². The van der Waals surface area contributed by atoms with Crippen molar-refractivity contribution >= 4 is 0 Å². The number of hydrogen-bond donors (Lipinski definition) is 1. The van der Waals surface area contributed by atoms with E-state index in [1.54, 1.807) is 0 Å². The summed E-state index contributed by atoms with van der Waals surface area (Å²) < 4.78 is 5.84. The molecule has 0 aliphatic carbocycles. The summed E-state index contributed by atoms with van der Waals surface area (Å²) in [4.78, 5) is 0. The van der Waals surface area contributed by atoms with Crippen LogP contribution < -0.4 is 10.1 Å². The highest BCUT2D eigenvalue weighted by molar-refractivity contribution is 5.31. The highest BCUT2D eigenvalue weighted by Crippen LogP contribution is 2.21. The lowest BCUT2D eigenvalue weighted by molar-refractivity contribution is 0.305. The first-order valence-electron chi connectivity index (χ1n) is 6.77. The fourth-order valence-corrected chi connectivity index (χ4v) is 2.17. The SMILES string of the molecule is CC[C@@H](NC)c1cccc(OCc2ccccc2)c1. The zero-order valence-electron chi connectivity index (χ0n) is 11.6. The quantitative estimate of drug-likeness (QED) is 0.844. The predicted octanol–water partition coefficient (Wildman–Crippen LogP) is 3.94. The van der Waals surface area contributed by atoms with E-state index >= 15 is 0 Å². The molecule has 19 heavy (non-hydrogen) atoms. The van der Waals surface area contributed by atoms with E-state index in [2.05, 4.69) is 42.6 Å². The maximum Gasteiger partial charge on any atom is 0.120 e. The van der Waals surface area contributed by atoms with Crippen LogP contribution in [0.15, 0.2) is 54.6 Å². The van der Waals surface area contributed by atoms with Crippen LogP contribution in [0.25, 0.3) is 0 Å². The Kier molecular flexibility index (Phi) is 4.99. The standard InChI is InChI=1S/C17H21NO/c1-3-17(18-2)15-10-7-11-16(12-15)19-13-14-8-5-4-6-9-14/h4-12,17-18H,3,13H2,1-2H3/t17-/m1/s1. The summed E-state index contributed by atoms with van der Waals surface area (Å²) in [5.74, 6) is 0.926. The summed E-state index contributed by atoms with van der Waals surface area (Å²) in [7, 11) is 1.99. The van der Waals surface area contributed by atoms with Crippen molar-refractivity contribution in [1.29, 1.82) is 0 Å². The van der Waals surface area contributed by atoms with Crippen molar-refractivity contribution in [3.05, 3.63) is 65.7 Å². The molecule has 0 saturated carbocycles. The summed E-state index contributed by atoms with van der Waals surface area (Å²) in [6, 6.07) is 18.9. The van der Waals surface area contributed by atoms with Gasteiger partial charge in [-0.2, -0.15) is 0 Å². The van der Waals surface area contributed by atoms with Crippen LogP contribution in [-0.2, 0) is 6.61 Å². The molecule has 100 valence electrons. The highest BCUT2D eigenvalue weighted by Gasteiger charge is 2.07. The average Bonchev–Trinajstić information content (AvgIpc) is 2.48. The van der Waals surface area contributed by atoms with Gasteiger partial charge in [-0.1, -0.05) is 49.4 Å². The molecule has 0 aliphatic heterocycles. The predicted molar refractivity (Wildman–Crippen MR) is 79.3 cm³/mol. The second-order valence-corrected chi connectivity index (χ2v) is 4.60. The Labute approximate surface area is 115 Å². The molecule has 0 spiro atoms. The zero-order chi connectivity index (χ0) is 13.5. The summed E-state index contributed by atoms with van der Waals surface area (Å²) in [5.41, 5.74) is 2.46. The molecule has 0 radical (unpaired) electrons. The van der Waals surface area contributed by atoms with Gasteiger partial charge >= 0.3 is 0 Å². The van der Waals surface area contributed by atoms with Gasteiger partial charge in [-0.25, -0.2) is 0 Å². The molecule has 2 nitrogen and oxygen atoms in total. The molecule has 0 bridgehead atoms. The van der Waals surface area contributed by atoms with Crippen LogP contribution >= 0.6 is 0 Å². The molecule has 0 unspecified atom stereocenters. The molecule has 1 atom stereocenters. The van der Waals surface area contributed by atoms with Crippen molar-refractivity contribution in [2.24, 2.45) is 0 Å². The smallest absolute Gasteiger partial charge is 0.120 e. The topological polar surface area (TPSA) is 21.3 Å². The summed E-state index contributed by atoms with van der Waals surface area (Å²) in [6.07, 6.45) is 1.07. The number of nitrogens with one attached hydrogen (secondary N) is 1. The van der Waals surface area contributed by atoms with Crippen LogP contribution in [0.3, 0.4) is 0 Å². The van der Waals surface area contributed by atoms with Crippen LogP contribution in [0.4, 0.5) is 0 Å². The van der Waals surface area contributed by atoms with Crippen molar-refractivity contribution in [3.63, 3.8) is 0 Å². The fraction of sp³-hybridized carbons (Fsp3) is 0.294. The fourth-order valence-electron chi connectivity index (χ4n) is 2.17. The van der Waals surface area contributed by atoms with Crippen molar-refractivity contribution in [2.45, 2.75) is 26.0 Å². The maximum atomic E-state index is 5.84. The van der Waals surface area contributed by atoms with Crippen LogP contribution in [-0.4, -0.2) is 7.05 Å². The Morgan fingerprint density at radius 1 is 1.05 bits per heavy atom. The molecule has 1 N–H and O–H groups in total. The minimum atomic E-state index is 0.389. The van der Waals surface area contributed by atoms with Crippen molar-refractivity contribution in [2.75, 3.05) is 7.05 Å². The Balaban J connectivity index is 2.03. The van der Waals surface area contributed by atoms with E-state index in [1.165, 1.54) is 11.1 Å². The zero-order valence-corrected chi connectivity index (χ0v) is 11.6. The lowest BCUT2D eigenvalue weighted by atomic mass is 10.0. The van der Waals surface area contributed by atoms with Gasteiger partial charge < -0.3 is 10.1 Å². The molecule has 2 aromatic rings. The van der Waals surface area contributed by atoms with E-state index in [4.69, 9.17) is 4.74 Å². The van der Waals surface area contributed by atoms with Crippen LogP contribution in [0.2, 0.25) is 0 Å². The molecule has 0 aliphatic rings. The maximum absolute atomic E-state index is 5.84. The van der Waals surface area contributed by atoms with Crippen LogP contribution in [0, 0.1) is 0 Å². The molecule has 2 rings (SSSR count). The average molecular weight is 255 g/mol. The second-order valence-electron chi connectivity index (χ2n) is 4.60.